The minimum absolute atomic E-state index is 0.0657. The number of carbonyl (C=O) groups is 2. The van der Waals surface area contributed by atoms with E-state index < -0.39 is 0 Å². The molecule has 3 aromatic carbocycles. The van der Waals surface area contributed by atoms with Gasteiger partial charge in [0.15, 0.2) is 11.5 Å². The van der Waals surface area contributed by atoms with Gasteiger partial charge in [0.1, 0.15) is 0 Å². The van der Waals surface area contributed by atoms with Gasteiger partial charge in [-0.05, 0) is 115 Å². The van der Waals surface area contributed by atoms with Crippen LogP contribution < -0.4 is 15.0 Å². The molecule has 0 bridgehead atoms. The number of imide groups is 1. The molecule has 7 nitrogen and oxygen atoms in total. The predicted octanol–water partition coefficient (Wildman–Crippen LogP) is 7.47. The Bertz CT molecular complexity index is 1620. The summed E-state index contributed by atoms with van der Waals surface area (Å²) in [5.74, 6) is -0.437. The number of fused-ring (bicyclic) bond motifs is 3. The molecule has 1 aliphatic carbocycles. The normalized spacial score (nSPS) is 23.4. The summed E-state index contributed by atoms with van der Waals surface area (Å²) >= 11 is 2.10. The minimum Gasteiger partial charge on any atom is -0.504 e. The maximum atomic E-state index is 13.8. The van der Waals surface area contributed by atoms with Crippen LogP contribution >= 0.6 is 22.6 Å². The lowest BCUT2D eigenvalue weighted by molar-refractivity contribution is -0.122. The van der Waals surface area contributed by atoms with Gasteiger partial charge in [0.25, 0.3) is 0 Å². The Morgan fingerprint density at radius 3 is 2.51 bits per heavy atom. The van der Waals surface area contributed by atoms with Crippen molar-refractivity contribution in [1.82, 2.24) is 0 Å². The van der Waals surface area contributed by atoms with Crippen molar-refractivity contribution in [2.75, 3.05) is 23.9 Å². The number of phenolic OH excluding ortho intramolecular Hbond substituents is 1. The summed E-state index contributed by atoms with van der Waals surface area (Å²) in [6.45, 7) is 4.65. The first-order valence-corrected chi connectivity index (χ1v) is 15.7. The van der Waals surface area contributed by atoms with Crippen LogP contribution in [0.25, 0.3) is 6.08 Å². The van der Waals surface area contributed by atoms with Gasteiger partial charge in [0.2, 0.25) is 11.8 Å². The molecule has 8 heteroatoms. The van der Waals surface area contributed by atoms with Crippen molar-refractivity contribution in [2.24, 2.45) is 17.8 Å². The number of benzene rings is 3. The molecule has 0 radical (unpaired) electrons. The van der Waals surface area contributed by atoms with Crippen molar-refractivity contribution in [1.29, 1.82) is 0 Å². The minimum atomic E-state index is -0.388. The maximum absolute atomic E-state index is 13.8. The Morgan fingerprint density at radius 1 is 1.07 bits per heavy atom. The molecule has 43 heavy (non-hydrogen) atoms. The highest BCUT2D eigenvalue weighted by Crippen LogP contribution is 2.50. The van der Waals surface area contributed by atoms with E-state index in [1.807, 2.05) is 66.7 Å². The van der Waals surface area contributed by atoms with Gasteiger partial charge in [-0.1, -0.05) is 35.4 Å². The Kier molecular flexibility index (Phi) is 8.33. The van der Waals surface area contributed by atoms with Crippen molar-refractivity contribution in [3.63, 3.8) is 0 Å². The number of ether oxygens (including phenoxy) is 2. The smallest absolute Gasteiger partial charge is 0.238 e. The zero-order chi connectivity index (χ0) is 30.2. The number of amides is 2. The second-order valence-corrected chi connectivity index (χ2v) is 12.8. The van der Waals surface area contributed by atoms with Crippen molar-refractivity contribution in [2.45, 2.75) is 39.2 Å². The summed E-state index contributed by atoms with van der Waals surface area (Å²) in [5, 5.41) is 13.5. The van der Waals surface area contributed by atoms with Crippen LogP contribution in [0.15, 0.2) is 83.4 Å². The van der Waals surface area contributed by atoms with E-state index in [1.165, 1.54) is 21.6 Å². The van der Waals surface area contributed by atoms with Crippen LogP contribution in [-0.2, 0) is 14.3 Å². The molecule has 0 spiro atoms. The Labute approximate surface area is 265 Å². The third-order valence-electron chi connectivity index (χ3n) is 8.82. The van der Waals surface area contributed by atoms with Crippen LogP contribution in [-0.4, -0.2) is 36.7 Å². The predicted molar refractivity (Wildman–Crippen MR) is 176 cm³/mol. The van der Waals surface area contributed by atoms with Crippen LogP contribution in [0.4, 0.5) is 17.1 Å². The maximum Gasteiger partial charge on any atom is 0.238 e. The SMILES string of the molecule is COc1cc(/C=C(\C)CC[C@H]2OC[C@H]3C2=C(C)C[C@H]2C(=O)N(c4ccc(Nc5ccccc5)cc4)C(=O)[C@H]23)cc(I)c1O. The monoisotopic (exact) mass is 690 g/mol. The number of hydrogen-bond acceptors (Lipinski definition) is 6. The molecular weight excluding hydrogens is 655 g/mol. The zero-order valence-corrected chi connectivity index (χ0v) is 26.6. The molecule has 2 heterocycles. The van der Waals surface area contributed by atoms with Gasteiger partial charge in [0, 0.05) is 17.3 Å². The number of carbonyl (C=O) groups excluding carboxylic acids is 2. The molecule has 0 aromatic heterocycles. The first-order chi connectivity index (χ1) is 20.7. The number of nitrogens with one attached hydrogen (secondary N) is 1. The van der Waals surface area contributed by atoms with Crippen molar-refractivity contribution in [3.05, 3.63) is 92.6 Å². The molecule has 2 amide bonds. The molecule has 2 N–H and O–H groups in total. The molecule has 6 rings (SSSR count). The van der Waals surface area contributed by atoms with Crippen molar-refractivity contribution in [3.8, 4) is 11.5 Å². The third-order valence-corrected chi connectivity index (χ3v) is 9.65. The van der Waals surface area contributed by atoms with E-state index in [2.05, 4.69) is 47.8 Å². The topological polar surface area (TPSA) is 88.1 Å². The summed E-state index contributed by atoms with van der Waals surface area (Å²) in [6.07, 6.45) is 4.25. The number of phenols is 1. The molecule has 2 saturated heterocycles. The summed E-state index contributed by atoms with van der Waals surface area (Å²) in [6, 6.07) is 21.1. The zero-order valence-electron chi connectivity index (χ0n) is 24.5. The number of para-hydroxylation sites is 1. The second kappa shape index (κ2) is 12.2. The Morgan fingerprint density at radius 2 is 1.79 bits per heavy atom. The fourth-order valence-electron chi connectivity index (χ4n) is 6.81. The Hall–Kier alpha value is -3.63. The molecular formula is C35H35IN2O5. The second-order valence-electron chi connectivity index (χ2n) is 11.6. The van der Waals surface area contributed by atoms with Gasteiger partial charge in [-0.25, -0.2) is 0 Å². The van der Waals surface area contributed by atoms with Gasteiger partial charge >= 0.3 is 0 Å². The highest BCUT2D eigenvalue weighted by molar-refractivity contribution is 14.1. The van der Waals surface area contributed by atoms with E-state index in [0.29, 0.717) is 24.5 Å². The lowest BCUT2D eigenvalue weighted by Crippen LogP contribution is -2.34. The average Bonchev–Trinajstić information content (AvgIpc) is 3.53. The van der Waals surface area contributed by atoms with Crippen molar-refractivity contribution >= 4 is 57.5 Å². The summed E-state index contributed by atoms with van der Waals surface area (Å²) in [4.78, 5) is 28.8. The van der Waals surface area contributed by atoms with Crippen LogP contribution in [0.2, 0.25) is 0 Å². The molecule has 222 valence electrons. The van der Waals surface area contributed by atoms with Gasteiger partial charge in [-0.3, -0.25) is 14.5 Å². The van der Waals surface area contributed by atoms with E-state index in [-0.39, 0.29) is 41.4 Å². The van der Waals surface area contributed by atoms with Gasteiger partial charge < -0.3 is 19.9 Å². The van der Waals surface area contributed by atoms with Crippen LogP contribution in [0.1, 0.15) is 38.7 Å². The third kappa shape index (κ3) is 5.70. The fourth-order valence-corrected chi connectivity index (χ4v) is 7.44. The van der Waals surface area contributed by atoms with Crippen LogP contribution in [0, 0.1) is 21.3 Å². The number of aromatic hydroxyl groups is 1. The van der Waals surface area contributed by atoms with E-state index in [9.17, 15) is 14.7 Å². The van der Waals surface area contributed by atoms with Crippen molar-refractivity contribution < 1.29 is 24.2 Å². The molecule has 4 atom stereocenters. The molecule has 3 aliphatic rings. The summed E-state index contributed by atoms with van der Waals surface area (Å²) in [7, 11) is 1.55. The molecule has 2 fully saturated rings. The standard InChI is InChI=1S/C35H35IN2O5/c1-20(15-22-17-28(36)33(39)30(18-22)42-3)9-14-29-31-21(2)16-26-32(27(31)19-43-29)35(41)38(34(26)40)25-12-10-24(11-13-25)37-23-7-5-4-6-8-23/h4-8,10-13,15,17-18,26-27,29,32,37,39H,9,14,16,19H2,1-3H3/b20-15+/t26-,27+,29-,32-/m1/s1. The first-order valence-electron chi connectivity index (χ1n) is 14.6. The van der Waals surface area contributed by atoms with Gasteiger partial charge in [-0.15, -0.1) is 0 Å². The number of hydrogen-bond donors (Lipinski definition) is 2. The number of halogens is 1. The first kappa shape index (κ1) is 29.4. The molecule has 0 saturated carbocycles. The largest absolute Gasteiger partial charge is 0.504 e. The van der Waals surface area contributed by atoms with E-state index >= 15 is 0 Å². The molecule has 0 unspecified atom stereocenters. The summed E-state index contributed by atoms with van der Waals surface area (Å²) in [5.41, 5.74) is 7.02. The lowest BCUT2D eigenvalue weighted by atomic mass is 9.70. The van der Waals surface area contributed by atoms with E-state index in [1.54, 1.807) is 7.11 Å². The number of allylic oxidation sites excluding steroid dienone is 2. The number of nitrogens with zero attached hydrogens (tertiary/aromatic N) is 1. The Balaban J connectivity index is 1.14. The highest BCUT2D eigenvalue weighted by Gasteiger charge is 2.56. The van der Waals surface area contributed by atoms with E-state index in [0.717, 1.165) is 33.4 Å². The molecule has 2 aliphatic heterocycles. The fraction of sp³-hybridized carbons (Fsp3) is 0.314. The quantitative estimate of drug-likeness (QED) is 0.145. The number of methoxy groups -OCH3 is 1. The highest BCUT2D eigenvalue weighted by atomic mass is 127. The van der Waals surface area contributed by atoms with E-state index in [4.69, 9.17) is 9.47 Å². The van der Waals surface area contributed by atoms with Gasteiger partial charge in [-0.2, -0.15) is 0 Å². The number of rotatable bonds is 8. The lowest BCUT2D eigenvalue weighted by Gasteiger charge is -2.30. The van der Waals surface area contributed by atoms with Gasteiger partial charge in [0.05, 0.1) is 40.9 Å². The van der Waals surface area contributed by atoms with Crippen LogP contribution in [0.3, 0.4) is 0 Å². The average molecular weight is 691 g/mol. The summed E-state index contributed by atoms with van der Waals surface area (Å²) < 4.78 is 12.4. The number of anilines is 3. The molecule has 3 aromatic rings. The van der Waals surface area contributed by atoms with Crippen LogP contribution in [0.5, 0.6) is 11.5 Å².